The molecule has 0 aromatic rings. The Kier molecular flexibility index (Phi) is 2.99. The van der Waals surface area contributed by atoms with E-state index in [0.717, 1.165) is 37.2 Å². The maximum absolute atomic E-state index is 5.89. The van der Waals surface area contributed by atoms with Crippen molar-refractivity contribution in [2.75, 3.05) is 6.61 Å². The zero-order valence-corrected chi connectivity index (χ0v) is 11.4. The van der Waals surface area contributed by atoms with Gasteiger partial charge in [-0.1, -0.05) is 13.8 Å². The van der Waals surface area contributed by atoms with Crippen LogP contribution >= 0.6 is 0 Å². The summed E-state index contributed by atoms with van der Waals surface area (Å²) >= 11 is 0. The number of rotatable bonds is 3. The van der Waals surface area contributed by atoms with E-state index in [4.69, 9.17) is 9.47 Å². The van der Waals surface area contributed by atoms with Crippen LogP contribution in [0.25, 0.3) is 0 Å². The molecule has 98 valence electrons. The van der Waals surface area contributed by atoms with Crippen molar-refractivity contribution in [1.29, 1.82) is 0 Å². The van der Waals surface area contributed by atoms with Crippen molar-refractivity contribution in [3.8, 4) is 0 Å². The summed E-state index contributed by atoms with van der Waals surface area (Å²) in [5.41, 5.74) is 0.713. The molecule has 1 heterocycles. The van der Waals surface area contributed by atoms with Crippen LogP contribution in [0.5, 0.6) is 0 Å². The molecular formula is C15H26O2. The number of hydrogen-bond donors (Lipinski definition) is 0. The zero-order chi connectivity index (χ0) is 12.0. The average Bonchev–Trinajstić information content (AvgIpc) is 2.92. The molecule has 1 aliphatic heterocycles. The summed E-state index contributed by atoms with van der Waals surface area (Å²) < 4.78 is 11.6. The molecule has 1 saturated heterocycles. The third-order valence-corrected chi connectivity index (χ3v) is 5.59. The molecule has 2 nitrogen and oxygen atoms in total. The first-order valence-corrected chi connectivity index (χ1v) is 7.39. The van der Waals surface area contributed by atoms with Crippen molar-refractivity contribution in [2.24, 2.45) is 23.2 Å². The van der Waals surface area contributed by atoms with Crippen molar-refractivity contribution < 1.29 is 9.47 Å². The van der Waals surface area contributed by atoms with E-state index in [-0.39, 0.29) is 6.29 Å². The second-order valence-electron chi connectivity index (χ2n) is 6.77. The molecule has 0 amide bonds. The quantitative estimate of drug-likeness (QED) is 0.748. The first-order valence-electron chi connectivity index (χ1n) is 7.39. The zero-order valence-electron chi connectivity index (χ0n) is 11.4. The lowest BCUT2D eigenvalue weighted by Gasteiger charge is -2.30. The monoisotopic (exact) mass is 238 g/mol. The van der Waals surface area contributed by atoms with E-state index < -0.39 is 0 Å². The van der Waals surface area contributed by atoms with Crippen molar-refractivity contribution in [3.63, 3.8) is 0 Å². The van der Waals surface area contributed by atoms with Gasteiger partial charge in [0.1, 0.15) is 0 Å². The van der Waals surface area contributed by atoms with Crippen LogP contribution in [0, 0.1) is 23.2 Å². The minimum atomic E-state index is 0.0901. The van der Waals surface area contributed by atoms with Gasteiger partial charge in [-0.3, -0.25) is 0 Å². The molecule has 17 heavy (non-hydrogen) atoms. The average molecular weight is 238 g/mol. The molecule has 0 bridgehead atoms. The topological polar surface area (TPSA) is 18.5 Å². The number of fused-ring (bicyclic) bond motifs is 1. The maximum Gasteiger partial charge on any atom is 0.158 e. The Morgan fingerprint density at radius 2 is 2.12 bits per heavy atom. The molecule has 2 aliphatic carbocycles. The Morgan fingerprint density at radius 1 is 1.29 bits per heavy atom. The molecule has 3 fully saturated rings. The van der Waals surface area contributed by atoms with Crippen LogP contribution in [0.1, 0.15) is 52.9 Å². The van der Waals surface area contributed by atoms with Crippen LogP contribution in [0.4, 0.5) is 0 Å². The first kappa shape index (κ1) is 12.0. The van der Waals surface area contributed by atoms with Crippen molar-refractivity contribution in [2.45, 2.75) is 65.3 Å². The summed E-state index contributed by atoms with van der Waals surface area (Å²) in [7, 11) is 0. The second-order valence-corrected chi connectivity index (χ2v) is 6.77. The van der Waals surface area contributed by atoms with E-state index in [1.807, 2.05) is 0 Å². The van der Waals surface area contributed by atoms with Crippen LogP contribution in [0.15, 0.2) is 0 Å². The van der Waals surface area contributed by atoms with Crippen molar-refractivity contribution in [3.05, 3.63) is 0 Å². The van der Waals surface area contributed by atoms with Crippen LogP contribution in [-0.2, 0) is 9.47 Å². The molecule has 0 aromatic carbocycles. The van der Waals surface area contributed by atoms with Gasteiger partial charge >= 0.3 is 0 Å². The fourth-order valence-electron chi connectivity index (χ4n) is 4.27. The normalized spacial score (nSPS) is 49.4. The smallest absolute Gasteiger partial charge is 0.158 e. The van der Waals surface area contributed by atoms with E-state index in [9.17, 15) is 0 Å². The lowest BCUT2D eigenvalue weighted by molar-refractivity contribution is -0.215. The summed E-state index contributed by atoms with van der Waals surface area (Å²) in [6.45, 7) is 7.86. The Hall–Kier alpha value is -0.0800. The van der Waals surface area contributed by atoms with E-state index in [0.29, 0.717) is 11.5 Å². The highest BCUT2D eigenvalue weighted by molar-refractivity contribution is 5.11. The van der Waals surface area contributed by atoms with Gasteiger partial charge in [0.15, 0.2) is 6.29 Å². The van der Waals surface area contributed by atoms with Gasteiger partial charge in [0, 0.05) is 6.42 Å². The molecule has 0 spiro atoms. The number of ether oxygens (including phenoxy) is 2. The summed E-state index contributed by atoms with van der Waals surface area (Å²) in [6, 6.07) is 0. The Balaban J connectivity index is 1.54. The Labute approximate surface area is 105 Å². The fraction of sp³-hybridized carbons (Fsp3) is 1.00. The van der Waals surface area contributed by atoms with Crippen molar-refractivity contribution in [1.82, 2.24) is 0 Å². The highest BCUT2D eigenvalue weighted by Gasteiger charge is 2.62. The summed E-state index contributed by atoms with van der Waals surface area (Å²) in [5.74, 6) is 2.71. The largest absolute Gasteiger partial charge is 0.353 e. The standard InChI is InChI=1S/C15H26O2/c1-10(2)15-6-4-12(13(15)9-15)8-14-16-7-5-11(3)17-14/h10-14H,4-9H2,1-3H3. The van der Waals surface area contributed by atoms with Crippen molar-refractivity contribution >= 4 is 0 Å². The molecule has 5 atom stereocenters. The predicted molar refractivity (Wildman–Crippen MR) is 67.6 cm³/mol. The van der Waals surface area contributed by atoms with Crippen LogP contribution < -0.4 is 0 Å². The van der Waals surface area contributed by atoms with Gasteiger partial charge in [-0.25, -0.2) is 0 Å². The summed E-state index contributed by atoms with van der Waals surface area (Å²) in [4.78, 5) is 0. The molecule has 2 heteroatoms. The lowest BCUT2D eigenvalue weighted by Crippen LogP contribution is -2.32. The van der Waals surface area contributed by atoms with Gasteiger partial charge in [0.25, 0.3) is 0 Å². The third kappa shape index (κ3) is 2.04. The molecular weight excluding hydrogens is 212 g/mol. The molecule has 5 unspecified atom stereocenters. The minimum Gasteiger partial charge on any atom is -0.353 e. The third-order valence-electron chi connectivity index (χ3n) is 5.59. The fourth-order valence-corrected chi connectivity index (χ4v) is 4.27. The van der Waals surface area contributed by atoms with E-state index in [1.54, 1.807) is 0 Å². The lowest BCUT2D eigenvalue weighted by atomic mass is 9.90. The van der Waals surface area contributed by atoms with E-state index >= 15 is 0 Å². The van der Waals surface area contributed by atoms with Gasteiger partial charge in [0.2, 0.25) is 0 Å². The van der Waals surface area contributed by atoms with Crippen LogP contribution in [0.2, 0.25) is 0 Å². The van der Waals surface area contributed by atoms with E-state index in [2.05, 4.69) is 20.8 Å². The molecule has 3 aliphatic rings. The van der Waals surface area contributed by atoms with Crippen LogP contribution in [0.3, 0.4) is 0 Å². The SMILES string of the molecule is CC1CCOC(CC2CCC3(C(C)C)CC23)O1. The maximum atomic E-state index is 5.89. The predicted octanol–water partition coefficient (Wildman–Crippen LogP) is 3.60. The summed E-state index contributed by atoms with van der Waals surface area (Å²) in [6.07, 6.45) is 7.00. The Bertz CT molecular complexity index is 289. The van der Waals surface area contributed by atoms with Crippen LogP contribution in [-0.4, -0.2) is 19.0 Å². The van der Waals surface area contributed by atoms with Gasteiger partial charge in [-0.05, 0) is 55.8 Å². The minimum absolute atomic E-state index is 0.0901. The molecule has 0 N–H and O–H groups in total. The van der Waals surface area contributed by atoms with E-state index in [1.165, 1.54) is 19.3 Å². The number of hydrogen-bond acceptors (Lipinski definition) is 2. The van der Waals surface area contributed by atoms with Gasteiger partial charge in [0.05, 0.1) is 12.7 Å². The summed E-state index contributed by atoms with van der Waals surface area (Å²) in [5, 5.41) is 0. The molecule has 0 aromatic heterocycles. The second kappa shape index (κ2) is 4.24. The first-order chi connectivity index (χ1) is 8.12. The highest BCUT2D eigenvalue weighted by atomic mass is 16.7. The van der Waals surface area contributed by atoms with Gasteiger partial charge < -0.3 is 9.47 Å². The van der Waals surface area contributed by atoms with Gasteiger partial charge in [-0.2, -0.15) is 0 Å². The highest BCUT2D eigenvalue weighted by Crippen LogP contribution is 2.70. The Morgan fingerprint density at radius 3 is 2.71 bits per heavy atom. The van der Waals surface area contributed by atoms with Gasteiger partial charge in [-0.15, -0.1) is 0 Å². The molecule has 0 radical (unpaired) electrons. The molecule has 2 saturated carbocycles. The molecule has 3 rings (SSSR count).